The van der Waals surface area contributed by atoms with Gasteiger partial charge in [-0.2, -0.15) is 4.99 Å². The summed E-state index contributed by atoms with van der Waals surface area (Å²) in [6, 6.07) is 0. The van der Waals surface area contributed by atoms with Gasteiger partial charge in [0, 0.05) is 5.75 Å². The number of hydrogen-bond donors (Lipinski definition) is 3. The Morgan fingerprint density at radius 2 is 2.17 bits per heavy atom. The molecule has 0 aromatic heterocycles. The van der Waals surface area contributed by atoms with Crippen LogP contribution in [0.1, 0.15) is 13.3 Å². The van der Waals surface area contributed by atoms with E-state index in [2.05, 4.69) is 11.6 Å². The van der Waals surface area contributed by atoms with Gasteiger partial charge in [0.15, 0.2) is 11.1 Å². The molecule has 0 rings (SSSR count). The lowest BCUT2D eigenvalue weighted by molar-refractivity contribution is 1.12. The van der Waals surface area contributed by atoms with E-state index in [-0.39, 0.29) is 11.1 Å². The molecule has 5 N–H and O–H groups in total. The number of rotatable bonds is 3. The lowest BCUT2D eigenvalue weighted by atomic mass is 10.3. The van der Waals surface area contributed by atoms with E-state index < -0.39 is 0 Å². The summed E-state index contributed by atoms with van der Waals surface area (Å²) in [5, 5.41) is 7.39. The summed E-state index contributed by atoms with van der Waals surface area (Å²) in [6.45, 7) is 5.82. The lowest BCUT2D eigenvalue weighted by Crippen LogP contribution is -2.23. The van der Waals surface area contributed by atoms with E-state index in [9.17, 15) is 0 Å². The van der Waals surface area contributed by atoms with Crippen LogP contribution in [0.3, 0.4) is 0 Å². The van der Waals surface area contributed by atoms with Crippen LogP contribution in [0.4, 0.5) is 0 Å². The van der Waals surface area contributed by atoms with Crippen LogP contribution in [0.25, 0.3) is 0 Å². The number of amidine groups is 1. The Kier molecular flexibility index (Phi) is 5.19. The summed E-state index contributed by atoms with van der Waals surface area (Å²) in [7, 11) is 0. The average molecular weight is 186 g/mol. The number of thioether (sulfide) groups is 1. The molecule has 0 heterocycles. The van der Waals surface area contributed by atoms with Crippen molar-refractivity contribution in [1.29, 1.82) is 5.41 Å². The van der Waals surface area contributed by atoms with Gasteiger partial charge in [0.05, 0.1) is 0 Å². The molecule has 0 aromatic carbocycles. The number of nitrogens with two attached hydrogens (primary N) is 2. The zero-order valence-corrected chi connectivity index (χ0v) is 7.95. The van der Waals surface area contributed by atoms with Gasteiger partial charge in [-0.3, -0.25) is 5.41 Å². The summed E-state index contributed by atoms with van der Waals surface area (Å²) in [5.41, 5.74) is 11.2. The highest BCUT2D eigenvalue weighted by Gasteiger charge is 1.97. The SMILES string of the molecule is C=C(CC)CSC(=N)N=C(N)N. The summed E-state index contributed by atoms with van der Waals surface area (Å²) < 4.78 is 0. The van der Waals surface area contributed by atoms with Crippen molar-refractivity contribution >= 4 is 22.9 Å². The highest BCUT2D eigenvalue weighted by molar-refractivity contribution is 8.13. The predicted octanol–water partition coefficient (Wildman–Crippen LogP) is 0.894. The molecule has 5 heteroatoms. The van der Waals surface area contributed by atoms with Gasteiger partial charge in [0.2, 0.25) is 0 Å². The van der Waals surface area contributed by atoms with E-state index in [1.165, 1.54) is 11.8 Å². The van der Waals surface area contributed by atoms with E-state index in [0.29, 0.717) is 5.75 Å². The molecule has 0 bridgehead atoms. The molecule has 4 nitrogen and oxygen atoms in total. The van der Waals surface area contributed by atoms with Crippen LogP contribution < -0.4 is 11.5 Å². The standard InChI is InChI=1S/C7H14N4S/c1-3-5(2)4-12-7(10)11-6(8)9/h2-4H2,1H3,(H5,8,9,10,11). The number of hydrogen-bond acceptors (Lipinski definition) is 2. The van der Waals surface area contributed by atoms with Crippen LogP contribution in [-0.2, 0) is 0 Å². The summed E-state index contributed by atoms with van der Waals surface area (Å²) in [6.07, 6.45) is 0.919. The molecule has 0 radical (unpaired) electrons. The first-order valence-electron chi connectivity index (χ1n) is 3.54. The zero-order chi connectivity index (χ0) is 9.56. The number of aliphatic imine (C=N–C) groups is 1. The largest absolute Gasteiger partial charge is 0.370 e. The lowest BCUT2D eigenvalue weighted by Gasteiger charge is -1.99. The third-order valence-corrected chi connectivity index (χ3v) is 2.06. The quantitative estimate of drug-likeness (QED) is 0.347. The molecule has 0 saturated heterocycles. The smallest absolute Gasteiger partial charge is 0.193 e. The minimum absolute atomic E-state index is 0.0744. The van der Waals surface area contributed by atoms with Gasteiger partial charge in [-0.05, 0) is 6.42 Å². The first-order chi connectivity index (χ1) is 5.56. The monoisotopic (exact) mass is 186 g/mol. The first-order valence-corrected chi connectivity index (χ1v) is 4.52. The highest BCUT2D eigenvalue weighted by Crippen LogP contribution is 2.10. The second-order valence-corrected chi connectivity index (χ2v) is 3.20. The van der Waals surface area contributed by atoms with Gasteiger partial charge in [0.1, 0.15) is 0 Å². The molecule has 0 aliphatic carbocycles. The third-order valence-electron chi connectivity index (χ3n) is 1.14. The normalized spacial score (nSPS) is 9.08. The molecular weight excluding hydrogens is 172 g/mol. The molecule has 0 aliphatic heterocycles. The molecule has 0 aromatic rings. The first kappa shape index (κ1) is 11.0. The molecule has 0 spiro atoms. The van der Waals surface area contributed by atoms with Crippen LogP contribution in [0.5, 0.6) is 0 Å². The average Bonchev–Trinajstić information content (AvgIpc) is 1.99. The fraction of sp³-hybridized carbons (Fsp3) is 0.429. The van der Waals surface area contributed by atoms with Gasteiger partial charge in [-0.1, -0.05) is 30.8 Å². The van der Waals surface area contributed by atoms with Crippen LogP contribution in [0.15, 0.2) is 17.1 Å². The van der Waals surface area contributed by atoms with Gasteiger partial charge in [0.25, 0.3) is 0 Å². The Balaban J connectivity index is 3.73. The number of nitrogens with one attached hydrogen (secondary N) is 1. The molecule has 0 saturated carbocycles. The zero-order valence-electron chi connectivity index (χ0n) is 7.13. The Morgan fingerprint density at radius 3 is 2.58 bits per heavy atom. The summed E-state index contributed by atoms with van der Waals surface area (Å²) >= 11 is 1.27. The fourth-order valence-corrected chi connectivity index (χ4v) is 1.14. The summed E-state index contributed by atoms with van der Waals surface area (Å²) in [5.74, 6) is 0.626. The van der Waals surface area contributed by atoms with Crippen LogP contribution in [-0.4, -0.2) is 16.9 Å². The van der Waals surface area contributed by atoms with Crippen molar-refractivity contribution < 1.29 is 0 Å². The van der Waals surface area contributed by atoms with Crippen LogP contribution >= 0.6 is 11.8 Å². The topological polar surface area (TPSA) is 88.2 Å². The molecule has 68 valence electrons. The molecule has 0 amide bonds. The van der Waals surface area contributed by atoms with Crippen molar-refractivity contribution in [2.45, 2.75) is 13.3 Å². The maximum Gasteiger partial charge on any atom is 0.193 e. The Morgan fingerprint density at radius 1 is 1.58 bits per heavy atom. The van der Waals surface area contributed by atoms with Crippen molar-refractivity contribution in [2.75, 3.05) is 5.75 Å². The Labute approximate surface area is 76.6 Å². The van der Waals surface area contributed by atoms with Gasteiger partial charge in [-0.15, -0.1) is 0 Å². The van der Waals surface area contributed by atoms with Crippen molar-refractivity contribution in [1.82, 2.24) is 0 Å². The molecule has 0 unspecified atom stereocenters. The predicted molar refractivity (Wildman–Crippen MR) is 55.4 cm³/mol. The Hall–Kier alpha value is -0.970. The minimum Gasteiger partial charge on any atom is -0.370 e. The van der Waals surface area contributed by atoms with E-state index in [0.717, 1.165) is 12.0 Å². The van der Waals surface area contributed by atoms with E-state index in [4.69, 9.17) is 16.9 Å². The maximum atomic E-state index is 7.26. The third kappa shape index (κ3) is 5.79. The van der Waals surface area contributed by atoms with Gasteiger partial charge >= 0.3 is 0 Å². The van der Waals surface area contributed by atoms with Crippen molar-refractivity contribution in [2.24, 2.45) is 16.5 Å². The maximum absolute atomic E-state index is 7.26. The van der Waals surface area contributed by atoms with E-state index >= 15 is 0 Å². The van der Waals surface area contributed by atoms with Crippen molar-refractivity contribution in [3.8, 4) is 0 Å². The fourth-order valence-electron chi connectivity index (χ4n) is 0.422. The molecule has 0 fully saturated rings. The molecule has 0 atom stereocenters. The number of guanidine groups is 1. The van der Waals surface area contributed by atoms with Crippen molar-refractivity contribution in [3.05, 3.63) is 12.2 Å². The highest BCUT2D eigenvalue weighted by atomic mass is 32.2. The second kappa shape index (κ2) is 5.65. The van der Waals surface area contributed by atoms with Crippen molar-refractivity contribution in [3.63, 3.8) is 0 Å². The molecule has 12 heavy (non-hydrogen) atoms. The van der Waals surface area contributed by atoms with Gasteiger partial charge in [-0.25, -0.2) is 0 Å². The number of nitrogens with zero attached hydrogens (tertiary/aromatic N) is 1. The summed E-state index contributed by atoms with van der Waals surface area (Å²) in [4.78, 5) is 3.56. The second-order valence-electron chi connectivity index (χ2n) is 2.23. The molecule has 0 aliphatic rings. The van der Waals surface area contributed by atoms with E-state index in [1.54, 1.807) is 0 Å². The molecular formula is C7H14N4S. The van der Waals surface area contributed by atoms with Crippen LogP contribution in [0, 0.1) is 5.41 Å². The van der Waals surface area contributed by atoms with Gasteiger partial charge < -0.3 is 11.5 Å². The van der Waals surface area contributed by atoms with Crippen LogP contribution in [0.2, 0.25) is 0 Å². The van der Waals surface area contributed by atoms with E-state index in [1.807, 2.05) is 6.92 Å². The Bertz CT molecular complexity index is 205. The minimum atomic E-state index is -0.0744.